The van der Waals surface area contributed by atoms with Crippen molar-refractivity contribution in [3.05, 3.63) is 59.7 Å². The number of carbonyl (C=O) groups is 1. The van der Waals surface area contributed by atoms with E-state index in [0.29, 0.717) is 17.9 Å². The minimum Gasteiger partial charge on any atom is -0.462 e. The van der Waals surface area contributed by atoms with E-state index in [1.165, 1.54) is 0 Å². The van der Waals surface area contributed by atoms with Crippen LogP contribution in [0.4, 0.5) is 11.4 Å². The zero-order valence-corrected chi connectivity index (χ0v) is 13.0. The normalized spacial score (nSPS) is 11.7. The van der Waals surface area contributed by atoms with Crippen LogP contribution >= 0.6 is 0 Å². The van der Waals surface area contributed by atoms with Crippen molar-refractivity contribution >= 4 is 17.3 Å². The predicted octanol–water partition coefficient (Wildman–Crippen LogP) is 4.01. The zero-order valence-electron chi connectivity index (χ0n) is 13.0. The third-order valence-corrected chi connectivity index (χ3v) is 3.37. The Kier molecular flexibility index (Phi) is 5.42. The monoisotopic (exact) mass is 298 g/mol. The highest BCUT2D eigenvalue weighted by Gasteiger charge is 2.15. The highest BCUT2D eigenvalue weighted by molar-refractivity contribution is 5.96. The van der Waals surface area contributed by atoms with Gasteiger partial charge in [0.2, 0.25) is 0 Å². The van der Waals surface area contributed by atoms with Gasteiger partial charge in [0.05, 0.1) is 12.2 Å². The van der Waals surface area contributed by atoms with Crippen LogP contribution in [0.5, 0.6) is 0 Å². The molecule has 2 aromatic rings. The number of ether oxygens (including phenoxy) is 1. The van der Waals surface area contributed by atoms with E-state index >= 15 is 0 Å². The molecule has 0 aliphatic rings. The smallest absolute Gasteiger partial charge is 0.340 e. The molecule has 4 heteroatoms. The van der Waals surface area contributed by atoms with Gasteiger partial charge in [-0.1, -0.05) is 37.3 Å². The fourth-order valence-corrected chi connectivity index (χ4v) is 2.19. The van der Waals surface area contributed by atoms with Gasteiger partial charge in [0.15, 0.2) is 0 Å². The van der Waals surface area contributed by atoms with Crippen LogP contribution in [0.3, 0.4) is 0 Å². The largest absolute Gasteiger partial charge is 0.462 e. The van der Waals surface area contributed by atoms with Crippen LogP contribution in [0.25, 0.3) is 0 Å². The lowest BCUT2D eigenvalue weighted by molar-refractivity contribution is 0.0506. The van der Waals surface area contributed by atoms with Crippen molar-refractivity contribution in [1.29, 1.82) is 0 Å². The lowest BCUT2D eigenvalue weighted by atomic mass is 10.1. The van der Waals surface area contributed by atoms with Crippen molar-refractivity contribution in [1.82, 2.24) is 0 Å². The molecule has 0 bridgehead atoms. The molecule has 116 valence electrons. The van der Waals surface area contributed by atoms with Crippen molar-refractivity contribution in [2.24, 2.45) is 0 Å². The number of nitrogen functional groups attached to an aromatic ring is 1. The molecule has 3 N–H and O–H groups in total. The van der Waals surface area contributed by atoms with Crippen molar-refractivity contribution in [2.45, 2.75) is 26.3 Å². The molecule has 0 amide bonds. The molecule has 2 rings (SSSR count). The Morgan fingerprint density at radius 2 is 1.95 bits per heavy atom. The highest BCUT2D eigenvalue weighted by atomic mass is 16.5. The van der Waals surface area contributed by atoms with Crippen LogP contribution in [-0.4, -0.2) is 12.6 Å². The maximum atomic E-state index is 12.2. The van der Waals surface area contributed by atoms with Crippen molar-refractivity contribution in [3.63, 3.8) is 0 Å². The topological polar surface area (TPSA) is 64.3 Å². The molecule has 0 aliphatic heterocycles. The SMILES string of the molecule is CCCOC(=O)c1cc(N)ccc1N[C@@H](C)c1ccccc1. The van der Waals surface area contributed by atoms with E-state index in [2.05, 4.69) is 5.32 Å². The van der Waals surface area contributed by atoms with Crippen LogP contribution in [0.15, 0.2) is 48.5 Å². The molecular weight excluding hydrogens is 276 g/mol. The molecule has 22 heavy (non-hydrogen) atoms. The van der Waals surface area contributed by atoms with E-state index in [4.69, 9.17) is 10.5 Å². The quantitative estimate of drug-likeness (QED) is 0.625. The molecule has 1 atom stereocenters. The van der Waals surface area contributed by atoms with Crippen molar-refractivity contribution in [3.8, 4) is 0 Å². The maximum Gasteiger partial charge on any atom is 0.340 e. The molecule has 4 nitrogen and oxygen atoms in total. The van der Waals surface area contributed by atoms with E-state index in [0.717, 1.165) is 17.7 Å². The molecular formula is C18H22N2O2. The fourth-order valence-electron chi connectivity index (χ4n) is 2.19. The lowest BCUT2D eigenvalue weighted by Crippen LogP contribution is -2.13. The number of anilines is 2. The Bertz CT molecular complexity index is 626. The van der Waals surface area contributed by atoms with Gasteiger partial charge >= 0.3 is 5.97 Å². The Morgan fingerprint density at radius 3 is 2.64 bits per heavy atom. The summed E-state index contributed by atoms with van der Waals surface area (Å²) in [6.07, 6.45) is 0.789. The Hall–Kier alpha value is -2.49. The average Bonchev–Trinajstić information content (AvgIpc) is 2.55. The molecule has 0 saturated carbocycles. The van der Waals surface area contributed by atoms with Gasteiger partial charge in [-0.2, -0.15) is 0 Å². The van der Waals surface area contributed by atoms with Gasteiger partial charge in [-0.15, -0.1) is 0 Å². The summed E-state index contributed by atoms with van der Waals surface area (Å²) >= 11 is 0. The van der Waals surface area contributed by atoms with Crippen LogP contribution in [0, 0.1) is 0 Å². The summed E-state index contributed by atoms with van der Waals surface area (Å²) in [4.78, 5) is 12.2. The molecule has 0 aliphatic carbocycles. The summed E-state index contributed by atoms with van der Waals surface area (Å²) in [6.45, 7) is 4.41. The van der Waals surface area contributed by atoms with E-state index in [9.17, 15) is 4.79 Å². The lowest BCUT2D eigenvalue weighted by Gasteiger charge is -2.18. The zero-order chi connectivity index (χ0) is 15.9. The molecule has 0 unspecified atom stereocenters. The minimum absolute atomic E-state index is 0.0718. The van der Waals surface area contributed by atoms with Gasteiger partial charge in [0, 0.05) is 17.4 Å². The summed E-state index contributed by atoms with van der Waals surface area (Å²) in [6, 6.07) is 15.4. The number of nitrogens with two attached hydrogens (primary N) is 1. The number of rotatable bonds is 6. The summed E-state index contributed by atoms with van der Waals surface area (Å²) in [5.41, 5.74) is 8.69. The molecule has 0 fully saturated rings. The molecule has 0 aromatic heterocycles. The van der Waals surface area contributed by atoms with Gasteiger partial charge in [-0.25, -0.2) is 4.79 Å². The summed E-state index contributed by atoms with van der Waals surface area (Å²) in [5, 5.41) is 3.35. The summed E-state index contributed by atoms with van der Waals surface area (Å²) in [5.74, 6) is -0.350. The number of benzene rings is 2. The van der Waals surface area contributed by atoms with Gasteiger partial charge in [-0.05, 0) is 37.1 Å². The maximum absolute atomic E-state index is 12.2. The van der Waals surface area contributed by atoms with Gasteiger partial charge in [-0.3, -0.25) is 0 Å². The molecule has 0 spiro atoms. The first-order valence-corrected chi connectivity index (χ1v) is 7.50. The minimum atomic E-state index is -0.350. The second-order valence-electron chi connectivity index (χ2n) is 5.22. The Morgan fingerprint density at radius 1 is 1.23 bits per heavy atom. The molecule has 0 heterocycles. The number of hydrogen-bond acceptors (Lipinski definition) is 4. The van der Waals surface area contributed by atoms with Gasteiger partial charge in [0.25, 0.3) is 0 Å². The van der Waals surface area contributed by atoms with Crippen LogP contribution in [0.1, 0.15) is 42.2 Å². The Labute approximate surface area is 131 Å². The van der Waals surface area contributed by atoms with Gasteiger partial charge < -0.3 is 15.8 Å². The number of nitrogens with one attached hydrogen (secondary N) is 1. The first-order valence-electron chi connectivity index (χ1n) is 7.50. The number of esters is 1. The number of hydrogen-bond donors (Lipinski definition) is 2. The average molecular weight is 298 g/mol. The number of carbonyl (C=O) groups excluding carboxylic acids is 1. The fraction of sp³-hybridized carbons (Fsp3) is 0.278. The third kappa shape index (κ3) is 4.01. The van der Waals surface area contributed by atoms with Crippen LogP contribution < -0.4 is 11.1 Å². The van der Waals surface area contributed by atoms with E-state index in [-0.39, 0.29) is 12.0 Å². The van der Waals surface area contributed by atoms with Crippen LogP contribution in [-0.2, 0) is 4.74 Å². The third-order valence-electron chi connectivity index (χ3n) is 3.37. The molecule has 0 saturated heterocycles. The summed E-state index contributed by atoms with van der Waals surface area (Å²) < 4.78 is 5.23. The first-order chi connectivity index (χ1) is 10.6. The van der Waals surface area contributed by atoms with E-state index in [1.807, 2.05) is 50.2 Å². The first kappa shape index (κ1) is 15.9. The Balaban J connectivity index is 2.21. The van der Waals surface area contributed by atoms with Crippen molar-refractivity contribution in [2.75, 3.05) is 17.7 Å². The molecule has 2 aromatic carbocycles. The van der Waals surface area contributed by atoms with Gasteiger partial charge in [0.1, 0.15) is 0 Å². The molecule has 0 radical (unpaired) electrons. The summed E-state index contributed by atoms with van der Waals surface area (Å²) in [7, 11) is 0. The standard InChI is InChI=1S/C18H22N2O2/c1-3-11-22-18(21)16-12-15(19)9-10-17(16)20-13(2)14-7-5-4-6-8-14/h4-10,12-13,20H,3,11,19H2,1-2H3/t13-/m0/s1. The van der Waals surface area contributed by atoms with E-state index < -0.39 is 0 Å². The van der Waals surface area contributed by atoms with Crippen molar-refractivity contribution < 1.29 is 9.53 Å². The van der Waals surface area contributed by atoms with Crippen LogP contribution in [0.2, 0.25) is 0 Å². The second-order valence-corrected chi connectivity index (χ2v) is 5.22. The van der Waals surface area contributed by atoms with E-state index in [1.54, 1.807) is 12.1 Å². The predicted molar refractivity (Wildman–Crippen MR) is 89.9 cm³/mol. The highest BCUT2D eigenvalue weighted by Crippen LogP contribution is 2.25. The second kappa shape index (κ2) is 7.50.